The Bertz CT molecular complexity index is 1460. The molecule has 0 spiro atoms. The summed E-state index contributed by atoms with van der Waals surface area (Å²) in [7, 11) is 1.72. The molecule has 9 nitrogen and oxygen atoms in total. The lowest BCUT2D eigenvalue weighted by Crippen LogP contribution is -2.30. The summed E-state index contributed by atoms with van der Waals surface area (Å²) in [4.78, 5) is 52.0. The van der Waals surface area contributed by atoms with Crippen molar-refractivity contribution < 1.29 is 14.4 Å². The summed E-state index contributed by atoms with van der Waals surface area (Å²) < 4.78 is 0. The number of nitrogens with zero attached hydrogens (tertiary/aromatic N) is 3. The van der Waals surface area contributed by atoms with Gasteiger partial charge in [0.1, 0.15) is 16.5 Å². The van der Waals surface area contributed by atoms with Crippen LogP contribution in [-0.4, -0.2) is 45.8 Å². The third kappa shape index (κ3) is 4.72. The molecule has 0 aliphatic heterocycles. The molecule has 1 aliphatic carbocycles. The van der Waals surface area contributed by atoms with Crippen LogP contribution in [0.4, 0.5) is 11.5 Å². The Morgan fingerprint density at radius 1 is 1.11 bits per heavy atom. The van der Waals surface area contributed by atoms with Gasteiger partial charge in [-0.05, 0) is 43.2 Å². The highest BCUT2D eigenvalue weighted by Crippen LogP contribution is 2.32. The van der Waals surface area contributed by atoms with Gasteiger partial charge in [-0.3, -0.25) is 19.4 Å². The number of benzene rings is 1. The van der Waals surface area contributed by atoms with Gasteiger partial charge in [-0.25, -0.2) is 4.98 Å². The number of hydrogen-bond acceptors (Lipinski definition) is 6. The molecule has 10 heteroatoms. The summed E-state index contributed by atoms with van der Waals surface area (Å²) in [5.41, 5.74) is 2.82. The molecular formula is C26H26N6O3S. The van der Waals surface area contributed by atoms with Crippen molar-refractivity contribution in [3.05, 3.63) is 59.4 Å². The molecule has 36 heavy (non-hydrogen) atoms. The standard InChI is InChI=1S/C26H26N6O3S/c1-14(2)26(35)32(3)17-6-7-18-19(12-17)29-22(21(18)24(34)28-16-4-5-16)31-23(33)20-13-36-25(30-20)15-8-10-27-11-9-15/h6-14,16,29H,4-5H2,1-3H3,(H,28,34)(H,31,33). The number of rotatable bonds is 7. The molecule has 0 atom stereocenters. The molecule has 1 aromatic carbocycles. The van der Waals surface area contributed by atoms with Gasteiger partial charge in [0.15, 0.2) is 0 Å². The summed E-state index contributed by atoms with van der Waals surface area (Å²) >= 11 is 1.36. The monoisotopic (exact) mass is 502 g/mol. The minimum atomic E-state index is -0.425. The Morgan fingerprint density at radius 3 is 2.56 bits per heavy atom. The predicted octanol–water partition coefficient (Wildman–Crippen LogP) is 4.45. The third-order valence-electron chi connectivity index (χ3n) is 6.04. The largest absolute Gasteiger partial charge is 0.349 e. The number of H-pyrrole nitrogens is 1. The lowest BCUT2D eigenvalue weighted by atomic mass is 10.1. The van der Waals surface area contributed by atoms with Gasteiger partial charge < -0.3 is 20.5 Å². The van der Waals surface area contributed by atoms with Crippen molar-refractivity contribution in [2.24, 2.45) is 5.92 Å². The van der Waals surface area contributed by atoms with Crippen molar-refractivity contribution in [2.45, 2.75) is 32.7 Å². The Hall–Kier alpha value is -4.05. The smallest absolute Gasteiger partial charge is 0.276 e. The minimum Gasteiger partial charge on any atom is -0.349 e. The maximum atomic E-state index is 13.1. The van der Waals surface area contributed by atoms with Crippen LogP contribution in [0, 0.1) is 5.92 Å². The number of nitrogens with one attached hydrogen (secondary N) is 3. The molecule has 184 valence electrons. The quantitative estimate of drug-likeness (QED) is 0.345. The van der Waals surface area contributed by atoms with Crippen molar-refractivity contribution >= 4 is 51.5 Å². The second-order valence-corrected chi connectivity index (χ2v) is 9.99. The summed E-state index contributed by atoms with van der Waals surface area (Å²) in [6.07, 6.45) is 5.23. The molecule has 1 fully saturated rings. The Labute approximate surface area is 212 Å². The van der Waals surface area contributed by atoms with Crippen LogP contribution in [0.15, 0.2) is 48.1 Å². The van der Waals surface area contributed by atoms with Crippen LogP contribution in [0.2, 0.25) is 0 Å². The number of thiazole rings is 1. The highest BCUT2D eigenvalue weighted by molar-refractivity contribution is 7.13. The third-order valence-corrected chi connectivity index (χ3v) is 6.93. The molecule has 3 amide bonds. The molecule has 3 aromatic heterocycles. The first-order valence-corrected chi connectivity index (χ1v) is 12.6. The van der Waals surface area contributed by atoms with E-state index in [4.69, 9.17) is 0 Å². The van der Waals surface area contributed by atoms with Crippen molar-refractivity contribution in [2.75, 3.05) is 17.3 Å². The number of carbonyl (C=O) groups excluding carboxylic acids is 3. The van der Waals surface area contributed by atoms with Crippen molar-refractivity contribution in [3.63, 3.8) is 0 Å². The first-order valence-electron chi connectivity index (χ1n) is 11.7. The Kier molecular flexibility index (Phi) is 6.27. The van der Waals surface area contributed by atoms with Crippen molar-refractivity contribution in [3.8, 4) is 10.6 Å². The summed E-state index contributed by atoms with van der Waals surface area (Å²) in [6, 6.07) is 9.23. The number of amides is 3. The molecule has 4 aromatic rings. The summed E-state index contributed by atoms with van der Waals surface area (Å²) in [5.74, 6) is -0.560. The van der Waals surface area contributed by atoms with Gasteiger partial charge in [0.25, 0.3) is 11.8 Å². The zero-order chi connectivity index (χ0) is 25.4. The molecule has 5 rings (SSSR count). The van der Waals surface area contributed by atoms with Gasteiger partial charge in [-0.15, -0.1) is 11.3 Å². The molecular weight excluding hydrogens is 476 g/mol. The molecule has 3 N–H and O–H groups in total. The van der Waals surface area contributed by atoms with E-state index in [0.717, 1.165) is 18.4 Å². The van der Waals surface area contributed by atoms with E-state index in [1.54, 1.807) is 41.9 Å². The molecule has 0 radical (unpaired) electrons. The van der Waals surface area contributed by atoms with Crippen LogP contribution in [0.25, 0.3) is 21.5 Å². The fraction of sp³-hybridized carbons (Fsp3) is 0.269. The Morgan fingerprint density at radius 2 is 1.86 bits per heavy atom. The fourth-order valence-electron chi connectivity index (χ4n) is 3.91. The van der Waals surface area contributed by atoms with E-state index in [-0.39, 0.29) is 29.5 Å². The van der Waals surface area contributed by atoms with Gasteiger partial charge >= 0.3 is 0 Å². The molecule has 0 bridgehead atoms. The van der Waals surface area contributed by atoms with E-state index in [1.165, 1.54) is 11.3 Å². The zero-order valence-electron chi connectivity index (χ0n) is 20.2. The number of pyridine rings is 1. The van der Waals surface area contributed by atoms with Crippen LogP contribution in [0.3, 0.4) is 0 Å². The van der Waals surface area contributed by atoms with Crippen molar-refractivity contribution in [1.82, 2.24) is 20.3 Å². The predicted molar refractivity (Wildman–Crippen MR) is 140 cm³/mol. The summed E-state index contributed by atoms with van der Waals surface area (Å²) in [6.45, 7) is 3.69. The lowest BCUT2D eigenvalue weighted by molar-refractivity contribution is -0.121. The van der Waals surface area contributed by atoms with Crippen LogP contribution < -0.4 is 15.5 Å². The van der Waals surface area contributed by atoms with Gasteiger partial charge in [0.2, 0.25) is 5.91 Å². The highest BCUT2D eigenvalue weighted by atomic mass is 32.1. The normalized spacial score (nSPS) is 13.1. The second kappa shape index (κ2) is 9.54. The number of aromatic nitrogens is 3. The highest BCUT2D eigenvalue weighted by Gasteiger charge is 2.28. The van der Waals surface area contributed by atoms with Crippen LogP contribution >= 0.6 is 11.3 Å². The maximum Gasteiger partial charge on any atom is 0.276 e. The van der Waals surface area contributed by atoms with Crippen molar-refractivity contribution in [1.29, 1.82) is 0 Å². The van der Waals surface area contributed by atoms with E-state index < -0.39 is 5.91 Å². The average molecular weight is 503 g/mol. The molecule has 0 saturated heterocycles. The van der Waals surface area contributed by atoms with E-state index >= 15 is 0 Å². The fourth-order valence-corrected chi connectivity index (χ4v) is 4.71. The van der Waals surface area contributed by atoms with E-state index in [9.17, 15) is 14.4 Å². The van der Waals surface area contributed by atoms with Crippen LogP contribution in [0.1, 0.15) is 47.5 Å². The number of aromatic amines is 1. The molecule has 1 aliphatic rings. The molecule has 1 saturated carbocycles. The number of anilines is 2. The van der Waals surface area contributed by atoms with Gasteiger partial charge in [0.05, 0.1) is 5.56 Å². The van der Waals surface area contributed by atoms with E-state index in [0.29, 0.717) is 33.0 Å². The topological polar surface area (TPSA) is 120 Å². The van der Waals surface area contributed by atoms with Crippen LogP contribution in [0.5, 0.6) is 0 Å². The van der Waals surface area contributed by atoms with Gasteiger partial charge in [0, 0.05) is 58.9 Å². The average Bonchev–Trinajstić information content (AvgIpc) is 3.41. The zero-order valence-corrected chi connectivity index (χ0v) is 21.0. The van der Waals surface area contributed by atoms with E-state index in [2.05, 4.69) is 25.6 Å². The van der Waals surface area contributed by atoms with E-state index in [1.807, 2.05) is 32.0 Å². The van der Waals surface area contributed by atoms with Gasteiger partial charge in [-0.2, -0.15) is 0 Å². The lowest BCUT2D eigenvalue weighted by Gasteiger charge is -2.19. The Balaban J connectivity index is 1.47. The van der Waals surface area contributed by atoms with Crippen LogP contribution in [-0.2, 0) is 4.79 Å². The van der Waals surface area contributed by atoms with Gasteiger partial charge in [-0.1, -0.05) is 13.8 Å². The minimum absolute atomic E-state index is 0.0188. The maximum absolute atomic E-state index is 13.1. The first-order chi connectivity index (χ1) is 17.3. The second-order valence-electron chi connectivity index (χ2n) is 9.13. The molecule has 3 heterocycles. The summed E-state index contributed by atoms with van der Waals surface area (Å²) in [5, 5.41) is 8.89. The number of hydrogen-bond donors (Lipinski definition) is 3. The number of fused-ring (bicyclic) bond motifs is 1. The first kappa shape index (κ1) is 23.7. The molecule has 0 unspecified atom stereocenters. The number of carbonyl (C=O) groups is 3. The SMILES string of the molecule is CC(C)C(=O)N(C)c1ccc2c(C(=O)NC3CC3)c(NC(=O)c3csc(-c4ccncc4)n3)[nH]c2c1.